The highest BCUT2D eigenvalue weighted by Gasteiger charge is 2.13. The lowest BCUT2D eigenvalue weighted by Crippen LogP contribution is -2.29. The molecule has 0 spiro atoms. The van der Waals surface area contributed by atoms with Crippen LogP contribution in [0.1, 0.15) is 24.9 Å². The number of rotatable bonds is 7. The summed E-state index contributed by atoms with van der Waals surface area (Å²) in [6.07, 6.45) is 0.837. The average molecular weight is 350 g/mol. The minimum absolute atomic E-state index is 0.0132. The Morgan fingerprint density at radius 3 is 2.39 bits per heavy atom. The third kappa shape index (κ3) is 5.48. The summed E-state index contributed by atoms with van der Waals surface area (Å²) in [6, 6.07) is 15.3. The van der Waals surface area contributed by atoms with Crippen LogP contribution in [0.15, 0.2) is 53.4 Å². The van der Waals surface area contributed by atoms with E-state index in [1.807, 2.05) is 48.5 Å². The fourth-order valence-electron chi connectivity index (χ4n) is 2.17. The van der Waals surface area contributed by atoms with Crippen LogP contribution in [-0.4, -0.2) is 18.8 Å². The summed E-state index contributed by atoms with van der Waals surface area (Å²) in [4.78, 5) is 13.2. The van der Waals surface area contributed by atoms with Crippen LogP contribution in [0.4, 0.5) is 0 Å². The van der Waals surface area contributed by atoms with E-state index in [4.69, 9.17) is 16.3 Å². The van der Waals surface area contributed by atoms with Gasteiger partial charge in [-0.05, 0) is 48.4 Å². The summed E-state index contributed by atoms with van der Waals surface area (Å²) in [6.45, 7) is 2.06. The molecule has 2 rings (SSSR count). The zero-order valence-electron chi connectivity index (χ0n) is 13.2. The van der Waals surface area contributed by atoms with Crippen molar-refractivity contribution in [2.24, 2.45) is 0 Å². The predicted molar refractivity (Wildman–Crippen MR) is 96.3 cm³/mol. The van der Waals surface area contributed by atoms with E-state index in [1.165, 1.54) is 11.8 Å². The van der Waals surface area contributed by atoms with Gasteiger partial charge in [0.25, 0.3) is 0 Å². The highest BCUT2D eigenvalue weighted by molar-refractivity contribution is 8.00. The van der Waals surface area contributed by atoms with Crippen molar-refractivity contribution in [3.63, 3.8) is 0 Å². The molecule has 0 fully saturated rings. The molecule has 0 heterocycles. The maximum Gasteiger partial charge on any atom is 0.230 e. The van der Waals surface area contributed by atoms with Crippen molar-refractivity contribution in [1.29, 1.82) is 0 Å². The summed E-state index contributed by atoms with van der Waals surface area (Å²) in [5, 5.41) is 3.77. The van der Waals surface area contributed by atoms with Crippen molar-refractivity contribution in [2.45, 2.75) is 24.3 Å². The maximum absolute atomic E-state index is 12.2. The Bertz CT molecular complexity index is 628. The fraction of sp³-hybridized carbons (Fsp3) is 0.278. The van der Waals surface area contributed by atoms with Gasteiger partial charge in [0, 0.05) is 9.92 Å². The van der Waals surface area contributed by atoms with E-state index in [1.54, 1.807) is 7.11 Å². The van der Waals surface area contributed by atoms with Crippen LogP contribution in [0.3, 0.4) is 0 Å². The van der Waals surface area contributed by atoms with Gasteiger partial charge in [0.2, 0.25) is 5.91 Å². The average Bonchev–Trinajstić information content (AvgIpc) is 2.59. The van der Waals surface area contributed by atoms with Crippen molar-refractivity contribution < 1.29 is 9.53 Å². The molecule has 2 aromatic rings. The van der Waals surface area contributed by atoms with Gasteiger partial charge in [-0.25, -0.2) is 0 Å². The number of hydrogen-bond acceptors (Lipinski definition) is 3. The SMILES string of the molecule is CC[C@H](NC(=O)CSc1ccc(Cl)cc1)c1ccc(OC)cc1. The maximum atomic E-state index is 12.2. The number of carbonyl (C=O) groups excluding carboxylic acids is 1. The van der Waals surface area contributed by atoms with Gasteiger partial charge in [-0.15, -0.1) is 11.8 Å². The van der Waals surface area contributed by atoms with Crippen molar-refractivity contribution in [3.8, 4) is 5.75 Å². The zero-order valence-corrected chi connectivity index (χ0v) is 14.8. The van der Waals surface area contributed by atoms with Gasteiger partial charge >= 0.3 is 0 Å². The third-order valence-corrected chi connectivity index (χ3v) is 4.71. The van der Waals surface area contributed by atoms with E-state index >= 15 is 0 Å². The van der Waals surface area contributed by atoms with Crippen LogP contribution in [0.5, 0.6) is 5.75 Å². The van der Waals surface area contributed by atoms with Crippen molar-refractivity contribution in [1.82, 2.24) is 5.32 Å². The number of hydrogen-bond donors (Lipinski definition) is 1. The number of methoxy groups -OCH3 is 1. The largest absolute Gasteiger partial charge is 0.497 e. The molecule has 0 radical (unpaired) electrons. The van der Waals surface area contributed by atoms with Crippen LogP contribution in [0, 0.1) is 0 Å². The molecule has 2 aromatic carbocycles. The lowest BCUT2D eigenvalue weighted by Gasteiger charge is -2.17. The molecule has 0 aliphatic heterocycles. The number of halogens is 1. The third-order valence-electron chi connectivity index (χ3n) is 3.45. The second-order valence-corrected chi connectivity index (χ2v) is 6.53. The van der Waals surface area contributed by atoms with Crippen LogP contribution in [0.2, 0.25) is 5.02 Å². The van der Waals surface area contributed by atoms with Gasteiger partial charge in [-0.3, -0.25) is 4.79 Å². The molecule has 0 saturated carbocycles. The molecule has 0 unspecified atom stereocenters. The lowest BCUT2D eigenvalue weighted by atomic mass is 10.0. The Morgan fingerprint density at radius 2 is 1.83 bits per heavy atom. The Labute approximate surface area is 146 Å². The molecule has 122 valence electrons. The molecule has 0 bridgehead atoms. The number of amides is 1. The topological polar surface area (TPSA) is 38.3 Å². The van der Waals surface area contributed by atoms with Crippen LogP contribution in [0.25, 0.3) is 0 Å². The normalized spacial score (nSPS) is 11.8. The Balaban J connectivity index is 1.89. The Hall–Kier alpha value is -1.65. The summed E-state index contributed by atoms with van der Waals surface area (Å²) < 4.78 is 5.16. The molecular weight excluding hydrogens is 330 g/mol. The summed E-state index contributed by atoms with van der Waals surface area (Å²) in [7, 11) is 1.64. The number of ether oxygens (including phenoxy) is 1. The Kier molecular flexibility index (Phi) is 6.81. The Morgan fingerprint density at radius 1 is 1.17 bits per heavy atom. The second kappa shape index (κ2) is 8.85. The van der Waals surface area contributed by atoms with Crippen molar-refractivity contribution in [2.75, 3.05) is 12.9 Å². The molecule has 0 aliphatic carbocycles. The molecule has 5 heteroatoms. The molecule has 1 amide bonds. The number of thioether (sulfide) groups is 1. The van der Waals surface area contributed by atoms with Crippen LogP contribution in [-0.2, 0) is 4.79 Å². The second-order valence-electron chi connectivity index (χ2n) is 5.04. The summed E-state index contributed by atoms with van der Waals surface area (Å²) in [5.74, 6) is 1.22. The van der Waals surface area contributed by atoms with Gasteiger partial charge in [0.05, 0.1) is 18.9 Å². The van der Waals surface area contributed by atoms with Gasteiger partial charge in [0.1, 0.15) is 5.75 Å². The minimum atomic E-state index is 0.0132. The first-order valence-corrected chi connectivity index (χ1v) is 8.80. The standard InChI is InChI=1S/C18H20ClNO2S/c1-3-17(13-4-8-15(22-2)9-5-13)20-18(21)12-23-16-10-6-14(19)7-11-16/h4-11,17H,3,12H2,1-2H3,(H,20,21)/t17-/m0/s1. The van der Waals surface area contributed by atoms with Crippen LogP contribution >= 0.6 is 23.4 Å². The molecule has 0 saturated heterocycles. The quantitative estimate of drug-likeness (QED) is 0.736. The van der Waals surface area contributed by atoms with E-state index < -0.39 is 0 Å². The van der Waals surface area contributed by atoms with Crippen LogP contribution < -0.4 is 10.1 Å². The highest BCUT2D eigenvalue weighted by Crippen LogP contribution is 2.22. The molecule has 0 aromatic heterocycles. The number of carbonyl (C=O) groups is 1. The van der Waals surface area contributed by atoms with E-state index in [0.29, 0.717) is 10.8 Å². The molecule has 0 aliphatic rings. The van der Waals surface area contributed by atoms with Gasteiger partial charge in [-0.2, -0.15) is 0 Å². The highest BCUT2D eigenvalue weighted by atomic mass is 35.5. The molecule has 1 N–H and O–H groups in total. The van der Waals surface area contributed by atoms with Crippen molar-refractivity contribution in [3.05, 3.63) is 59.1 Å². The first-order valence-electron chi connectivity index (χ1n) is 7.44. The van der Waals surface area contributed by atoms with Gasteiger partial charge in [-0.1, -0.05) is 30.7 Å². The first kappa shape index (κ1) is 17.7. The monoisotopic (exact) mass is 349 g/mol. The van der Waals surface area contributed by atoms with Crippen molar-refractivity contribution >= 4 is 29.3 Å². The van der Waals surface area contributed by atoms with E-state index in [2.05, 4.69) is 12.2 Å². The van der Waals surface area contributed by atoms with Gasteiger partial charge < -0.3 is 10.1 Å². The summed E-state index contributed by atoms with van der Waals surface area (Å²) in [5.41, 5.74) is 1.08. The minimum Gasteiger partial charge on any atom is -0.497 e. The lowest BCUT2D eigenvalue weighted by molar-refractivity contribution is -0.119. The van der Waals surface area contributed by atoms with E-state index in [9.17, 15) is 4.79 Å². The number of benzene rings is 2. The smallest absolute Gasteiger partial charge is 0.230 e. The zero-order chi connectivity index (χ0) is 16.7. The molecule has 3 nitrogen and oxygen atoms in total. The molecule has 23 heavy (non-hydrogen) atoms. The molecular formula is C18H20ClNO2S. The molecule has 1 atom stereocenters. The van der Waals surface area contributed by atoms with Gasteiger partial charge in [0.15, 0.2) is 0 Å². The predicted octanol–water partition coefficient (Wildman–Crippen LogP) is 4.71. The van der Waals surface area contributed by atoms with E-state index in [0.717, 1.165) is 22.6 Å². The number of nitrogens with one attached hydrogen (secondary N) is 1. The first-order chi connectivity index (χ1) is 11.1. The summed E-state index contributed by atoms with van der Waals surface area (Å²) >= 11 is 7.35. The van der Waals surface area contributed by atoms with E-state index in [-0.39, 0.29) is 11.9 Å². The fourth-order valence-corrected chi connectivity index (χ4v) is 3.01.